The first-order valence-corrected chi connectivity index (χ1v) is 20.3. The van der Waals surface area contributed by atoms with Crippen molar-refractivity contribution in [2.45, 2.75) is 135 Å². The average Bonchev–Trinajstić information content (AvgIpc) is 3.53. The van der Waals surface area contributed by atoms with E-state index in [-0.39, 0.29) is 36.7 Å². The number of anilines is 3. The van der Waals surface area contributed by atoms with Gasteiger partial charge in [0.1, 0.15) is 23.4 Å². The van der Waals surface area contributed by atoms with Crippen molar-refractivity contribution < 1.29 is 23.5 Å². The molecule has 55 heavy (non-hydrogen) atoms. The number of halogens is 1. The van der Waals surface area contributed by atoms with Gasteiger partial charge in [-0.05, 0) is 118 Å². The Hall–Kier alpha value is -4.04. The van der Waals surface area contributed by atoms with Crippen LogP contribution in [-0.4, -0.2) is 106 Å². The van der Waals surface area contributed by atoms with Crippen molar-refractivity contribution in [1.29, 1.82) is 0 Å². The molecular formula is C41H62FN9O4. The summed E-state index contributed by atoms with van der Waals surface area (Å²) >= 11 is 0. The molecule has 0 aromatic carbocycles. The Bertz CT molecular complexity index is 1760. The largest absolute Gasteiger partial charge is 0.444 e. The molecule has 0 unspecified atom stereocenters. The number of nitrogens with one attached hydrogen (secondary N) is 3. The second kappa shape index (κ2) is 17.4. The highest BCUT2D eigenvalue weighted by Crippen LogP contribution is 2.32. The van der Waals surface area contributed by atoms with E-state index in [0.717, 1.165) is 69.1 Å². The molecule has 5 heterocycles. The van der Waals surface area contributed by atoms with Crippen LogP contribution < -0.4 is 20.9 Å². The number of likely N-dealkylation sites (tertiary alicyclic amines) is 1. The molecule has 14 heteroatoms. The highest BCUT2D eigenvalue weighted by Gasteiger charge is 2.40. The number of carbonyl (C=O) groups excluding carboxylic acids is 2. The third kappa shape index (κ3) is 10.4. The van der Waals surface area contributed by atoms with Crippen LogP contribution in [-0.2, 0) is 9.47 Å². The normalized spacial score (nSPS) is 24.2. The predicted octanol–water partition coefficient (Wildman–Crippen LogP) is 7.16. The number of hydrogen-bond donors (Lipinski definition) is 3. The van der Waals surface area contributed by atoms with Gasteiger partial charge in [-0.25, -0.2) is 19.2 Å². The zero-order chi connectivity index (χ0) is 39.3. The second-order valence-electron chi connectivity index (χ2n) is 17.3. The lowest BCUT2D eigenvalue weighted by Crippen LogP contribution is -2.53. The minimum Gasteiger partial charge on any atom is -0.444 e. The Morgan fingerprint density at radius 1 is 1.02 bits per heavy atom. The van der Waals surface area contributed by atoms with Gasteiger partial charge in [0.05, 0.1) is 23.2 Å². The van der Waals surface area contributed by atoms with Gasteiger partial charge in [0.2, 0.25) is 5.95 Å². The monoisotopic (exact) mass is 763 g/mol. The number of methoxy groups -OCH3 is 1. The number of amides is 2. The summed E-state index contributed by atoms with van der Waals surface area (Å²) in [5.74, 6) is 2.24. The van der Waals surface area contributed by atoms with Gasteiger partial charge in [-0.1, -0.05) is 0 Å². The number of hydrogen-bond acceptors (Lipinski definition) is 10. The molecule has 3 aromatic heterocycles. The fourth-order valence-electron chi connectivity index (χ4n) is 8.16. The van der Waals surface area contributed by atoms with Crippen LogP contribution in [0.2, 0.25) is 0 Å². The van der Waals surface area contributed by atoms with E-state index in [1.165, 1.54) is 12.8 Å². The van der Waals surface area contributed by atoms with Crippen molar-refractivity contribution in [3.63, 3.8) is 0 Å². The van der Waals surface area contributed by atoms with Crippen molar-refractivity contribution >= 4 is 40.5 Å². The number of fused-ring (bicyclic) bond motifs is 1. The molecule has 0 radical (unpaired) electrons. The van der Waals surface area contributed by atoms with Crippen LogP contribution in [0.4, 0.5) is 26.8 Å². The molecule has 2 aliphatic heterocycles. The van der Waals surface area contributed by atoms with Gasteiger partial charge >= 0.3 is 6.09 Å². The summed E-state index contributed by atoms with van der Waals surface area (Å²) in [5, 5.41) is 10.5. The molecule has 3 N–H and O–H groups in total. The van der Waals surface area contributed by atoms with Gasteiger partial charge in [-0.2, -0.15) is 4.98 Å². The minimum atomic E-state index is -1.16. The maximum Gasteiger partial charge on any atom is 0.407 e. The van der Waals surface area contributed by atoms with Crippen LogP contribution in [0.5, 0.6) is 0 Å². The summed E-state index contributed by atoms with van der Waals surface area (Å²) in [6.45, 7) is 15.5. The second-order valence-corrected chi connectivity index (χ2v) is 17.3. The zero-order valence-electron chi connectivity index (χ0n) is 33.9. The first-order valence-electron chi connectivity index (χ1n) is 20.3. The number of piperidine rings is 2. The number of alkyl carbamates (subject to hydrolysis) is 1. The van der Waals surface area contributed by atoms with Crippen LogP contribution in [0.3, 0.4) is 0 Å². The molecule has 13 nitrogen and oxygen atoms in total. The molecule has 1 saturated carbocycles. The molecule has 0 spiro atoms. The van der Waals surface area contributed by atoms with Crippen LogP contribution in [0.25, 0.3) is 10.9 Å². The van der Waals surface area contributed by atoms with Crippen molar-refractivity contribution in [1.82, 2.24) is 35.1 Å². The number of nitrogens with zero attached hydrogens (tertiary/aromatic N) is 6. The van der Waals surface area contributed by atoms with E-state index in [1.54, 1.807) is 32.5 Å². The number of carbonyl (C=O) groups is 2. The molecule has 3 aromatic rings. The Morgan fingerprint density at radius 3 is 2.42 bits per heavy atom. The zero-order valence-corrected chi connectivity index (χ0v) is 33.9. The lowest BCUT2D eigenvalue weighted by molar-refractivity contribution is -0.0679. The molecule has 0 bridgehead atoms. The van der Waals surface area contributed by atoms with Crippen LogP contribution >= 0.6 is 0 Å². The van der Waals surface area contributed by atoms with E-state index in [2.05, 4.69) is 54.2 Å². The van der Waals surface area contributed by atoms with E-state index in [0.29, 0.717) is 42.0 Å². The van der Waals surface area contributed by atoms with E-state index < -0.39 is 17.4 Å². The summed E-state index contributed by atoms with van der Waals surface area (Å²) in [6.07, 6.45) is 13.0. The van der Waals surface area contributed by atoms with Crippen molar-refractivity contribution in [3.05, 3.63) is 36.3 Å². The highest BCUT2D eigenvalue weighted by molar-refractivity contribution is 6.07. The quantitative estimate of drug-likeness (QED) is 0.174. The van der Waals surface area contributed by atoms with Gasteiger partial charge in [0.15, 0.2) is 0 Å². The summed E-state index contributed by atoms with van der Waals surface area (Å²) in [6, 6.07) is 4.18. The number of aromatic nitrogens is 4. The Morgan fingerprint density at radius 2 is 1.75 bits per heavy atom. The first kappa shape index (κ1) is 40.6. The summed E-state index contributed by atoms with van der Waals surface area (Å²) < 4.78 is 27.9. The Kier molecular flexibility index (Phi) is 12.9. The van der Waals surface area contributed by atoms with Crippen molar-refractivity contribution in [2.75, 3.05) is 50.1 Å². The summed E-state index contributed by atoms with van der Waals surface area (Å²) in [4.78, 5) is 44.0. The topological polar surface area (TPSA) is 139 Å². The van der Waals surface area contributed by atoms with E-state index >= 15 is 0 Å². The van der Waals surface area contributed by atoms with E-state index in [4.69, 9.17) is 9.47 Å². The number of rotatable bonds is 12. The molecule has 6 rings (SSSR count). The molecule has 3 fully saturated rings. The van der Waals surface area contributed by atoms with Crippen molar-refractivity contribution in [3.8, 4) is 0 Å². The third-order valence-electron chi connectivity index (χ3n) is 11.7. The molecule has 302 valence electrons. The molecular weight excluding hydrogens is 702 g/mol. The fraction of sp³-hybridized carbons (Fsp3) is 0.683. The molecule has 1 aliphatic carbocycles. The van der Waals surface area contributed by atoms with Gasteiger partial charge in [0, 0.05) is 74.9 Å². The Balaban J connectivity index is 0.973. The smallest absolute Gasteiger partial charge is 0.407 e. The highest BCUT2D eigenvalue weighted by atomic mass is 19.1. The molecule has 2 amide bonds. The maximum atomic E-state index is 14.9. The van der Waals surface area contributed by atoms with Crippen LogP contribution in [0.1, 0.15) is 116 Å². The molecule has 3 aliphatic rings. The standard InChI is InChI=1S/C41H62FN9O4/c1-27(2)51-25-32(31-24-44-36(23-33(31)51)47-35-14-18-43-38(48-35)50-22-17-41(6,54-7)34(42)26-50)37(52)45-30-15-20-49(21-16-30)19-8-9-28-10-12-29(13-11-28)46-39(53)55-40(3,4)5/h14,18,23-25,27-30,34H,8-13,15-17,19-22,26H2,1-7H3,(H,45,52)(H,46,53)(H,43,44,47,48)/t28-,29-,34-,41-/m0/s1. The maximum absolute atomic E-state index is 14.9. The number of ether oxygens (including phenoxy) is 2. The van der Waals surface area contributed by atoms with Gasteiger partial charge in [0.25, 0.3) is 5.91 Å². The minimum absolute atomic E-state index is 0.0696. The average molecular weight is 764 g/mol. The lowest BCUT2D eigenvalue weighted by Gasteiger charge is -2.41. The van der Waals surface area contributed by atoms with Gasteiger partial charge < -0.3 is 39.8 Å². The SMILES string of the molecule is CO[C@@]1(C)CCN(c2nccc(Nc3cc4c(cn3)c(C(=O)NC3CCN(CCC[C@H]5CC[C@H](NC(=O)OC(C)(C)C)CC5)CC3)cn4C(C)C)n2)C[C@@H]1F. The predicted molar refractivity (Wildman–Crippen MR) is 214 cm³/mol. The fourth-order valence-corrected chi connectivity index (χ4v) is 8.16. The molecule has 2 saturated heterocycles. The number of alkyl halides is 1. The third-order valence-corrected chi connectivity index (χ3v) is 11.7. The lowest BCUT2D eigenvalue weighted by atomic mass is 9.83. The van der Waals surface area contributed by atoms with Gasteiger partial charge in [-0.15, -0.1) is 0 Å². The van der Waals surface area contributed by atoms with Crippen LogP contribution in [0.15, 0.2) is 30.7 Å². The first-order chi connectivity index (χ1) is 26.2. The van der Waals surface area contributed by atoms with Crippen molar-refractivity contribution in [2.24, 2.45) is 5.92 Å². The Labute approximate surface area is 325 Å². The van der Waals surface area contributed by atoms with Gasteiger partial charge in [-0.3, -0.25) is 4.79 Å². The summed E-state index contributed by atoms with van der Waals surface area (Å²) in [5.41, 5.74) is 0.250. The van der Waals surface area contributed by atoms with E-state index in [1.807, 2.05) is 37.9 Å². The van der Waals surface area contributed by atoms with Crippen LogP contribution in [0, 0.1) is 5.92 Å². The van der Waals surface area contributed by atoms with E-state index in [9.17, 15) is 14.0 Å². The summed E-state index contributed by atoms with van der Waals surface area (Å²) in [7, 11) is 1.55. The number of pyridine rings is 1. The molecule has 2 atom stereocenters.